The van der Waals surface area contributed by atoms with Crippen LogP contribution >= 0.6 is 0 Å². The number of benzene rings is 2. The predicted octanol–water partition coefficient (Wildman–Crippen LogP) is 3.95. The Morgan fingerprint density at radius 2 is 1.81 bits per heavy atom. The van der Waals surface area contributed by atoms with Crippen LogP contribution in [0, 0.1) is 13.8 Å². The van der Waals surface area contributed by atoms with Crippen LogP contribution in [-0.4, -0.2) is 27.1 Å². The molecular formula is C21H20N4O2. The summed E-state index contributed by atoms with van der Waals surface area (Å²) < 4.78 is 7.01. The molecule has 2 aromatic heterocycles. The summed E-state index contributed by atoms with van der Waals surface area (Å²) in [6, 6.07) is 13.6. The number of ether oxygens (including phenoxy) is 1. The lowest BCUT2D eigenvalue weighted by Crippen LogP contribution is -2.09. The molecule has 0 bridgehead atoms. The number of esters is 1. The van der Waals surface area contributed by atoms with Crippen LogP contribution in [0.15, 0.2) is 42.5 Å². The topological polar surface area (TPSA) is 83.0 Å². The summed E-state index contributed by atoms with van der Waals surface area (Å²) in [6.07, 6.45) is 0. The Hall–Kier alpha value is -3.41. The van der Waals surface area contributed by atoms with Gasteiger partial charge in [-0.2, -0.15) is 0 Å². The molecule has 0 aliphatic heterocycles. The number of nitrogen functional groups attached to an aromatic ring is 1. The number of rotatable bonds is 3. The van der Waals surface area contributed by atoms with E-state index in [1.165, 1.54) is 0 Å². The lowest BCUT2D eigenvalue weighted by Gasteiger charge is -2.11. The summed E-state index contributed by atoms with van der Waals surface area (Å²) in [6.45, 7) is 6.06. The van der Waals surface area contributed by atoms with Crippen LogP contribution in [0.3, 0.4) is 0 Å². The third-order valence-electron chi connectivity index (χ3n) is 4.57. The smallest absolute Gasteiger partial charge is 0.344 e. The van der Waals surface area contributed by atoms with Gasteiger partial charge >= 0.3 is 5.97 Å². The number of hydrogen-bond acceptors (Lipinski definition) is 5. The molecule has 0 aliphatic carbocycles. The molecule has 0 amide bonds. The number of nitrogens with zero attached hydrogens (tertiary/aromatic N) is 3. The molecule has 0 saturated carbocycles. The van der Waals surface area contributed by atoms with E-state index in [1.54, 1.807) is 11.5 Å². The molecule has 4 rings (SSSR count). The number of aryl methyl sites for hydroxylation is 2. The highest BCUT2D eigenvalue weighted by atomic mass is 16.5. The normalized spacial score (nSPS) is 11.2. The Kier molecular flexibility index (Phi) is 4.03. The molecule has 0 radical (unpaired) electrons. The molecule has 0 atom stereocenters. The summed E-state index contributed by atoms with van der Waals surface area (Å²) in [5.41, 5.74) is 12.2. The maximum Gasteiger partial charge on any atom is 0.344 e. The number of carbonyl (C=O) groups excluding carboxylic acids is 1. The fourth-order valence-corrected chi connectivity index (χ4v) is 3.37. The van der Waals surface area contributed by atoms with E-state index in [0.717, 1.165) is 22.3 Å². The monoisotopic (exact) mass is 360 g/mol. The van der Waals surface area contributed by atoms with E-state index in [4.69, 9.17) is 15.5 Å². The first kappa shape index (κ1) is 17.0. The van der Waals surface area contributed by atoms with E-state index in [1.807, 2.05) is 50.2 Å². The summed E-state index contributed by atoms with van der Waals surface area (Å²) in [7, 11) is 0. The summed E-state index contributed by atoms with van der Waals surface area (Å²) >= 11 is 0. The van der Waals surface area contributed by atoms with Gasteiger partial charge in [-0.25, -0.2) is 14.8 Å². The minimum Gasteiger partial charge on any atom is -0.462 e. The van der Waals surface area contributed by atoms with Crippen LogP contribution in [0.1, 0.15) is 28.4 Å². The molecule has 0 aliphatic rings. The third-order valence-corrected chi connectivity index (χ3v) is 4.57. The Labute approximate surface area is 156 Å². The van der Waals surface area contributed by atoms with Gasteiger partial charge in [-0.05, 0) is 44.5 Å². The van der Waals surface area contributed by atoms with Gasteiger partial charge in [0.1, 0.15) is 16.9 Å². The zero-order chi connectivity index (χ0) is 19.1. The number of hydrogen-bond donors (Lipinski definition) is 1. The number of fused-ring (bicyclic) bond motifs is 2. The average molecular weight is 360 g/mol. The highest BCUT2D eigenvalue weighted by Gasteiger charge is 2.26. The van der Waals surface area contributed by atoms with Crippen molar-refractivity contribution in [2.75, 3.05) is 12.3 Å². The minimum atomic E-state index is -0.493. The fraction of sp³-hybridized carbons (Fsp3) is 0.190. The highest BCUT2D eigenvalue weighted by molar-refractivity contribution is 6.09. The van der Waals surface area contributed by atoms with Gasteiger partial charge in [0.15, 0.2) is 5.65 Å². The molecule has 2 N–H and O–H groups in total. The first-order valence-electron chi connectivity index (χ1n) is 8.82. The first-order chi connectivity index (χ1) is 13.0. The van der Waals surface area contributed by atoms with Crippen molar-refractivity contribution in [2.24, 2.45) is 0 Å². The van der Waals surface area contributed by atoms with E-state index in [-0.39, 0.29) is 18.0 Å². The van der Waals surface area contributed by atoms with Crippen LogP contribution in [-0.2, 0) is 4.74 Å². The zero-order valence-corrected chi connectivity index (χ0v) is 15.5. The standard InChI is InChI=1S/C21H20N4O2/c1-4-27-21(26)17-18-20(24-15-8-6-5-7-14(15)23-18)25(19(17)22)16-10-9-12(2)11-13(16)3/h5-11H,4,22H2,1-3H3. The van der Waals surface area contributed by atoms with Crippen LogP contribution < -0.4 is 5.73 Å². The lowest BCUT2D eigenvalue weighted by molar-refractivity contribution is 0.0529. The van der Waals surface area contributed by atoms with Crippen LogP contribution in [0.5, 0.6) is 0 Å². The van der Waals surface area contributed by atoms with Gasteiger partial charge in [-0.3, -0.25) is 4.57 Å². The van der Waals surface area contributed by atoms with Crippen molar-refractivity contribution >= 4 is 34.0 Å². The Balaban J connectivity index is 2.12. The van der Waals surface area contributed by atoms with Gasteiger partial charge in [-0.15, -0.1) is 0 Å². The highest BCUT2D eigenvalue weighted by Crippen LogP contribution is 2.32. The van der Waals surface area contributed by atoms with Crippen molar-refractivity contribution in [1.29, 1.82) is 0 Å². The Bertz CT molecular complexity index is 1190. The van der Waals surface area contributed by atoms with Gasteiger partial charge in [0.05, 0.1) is 23.3 Å². The SMILES string of the molecule is CCOC(=O)c1c(N)n(-c2ccc(C)cc2C)c2nc3ccccc3nc12. The summed E-state index contributed by atoms with van der Waals surface area (Å²) in [5.74, 6) is -0.209. The largest absolute Gasteiger partial charge is 0.462 e. The van der Waals surface area contributed by atoms with Crippen molar-refractivity contribution < 1.29 is 9.53 Å². The van der Waals surface area contributed by atoms with Crippen LogP contribution in [0.25, 0.3) is 27.9 Å². The lowest BCUT2D eigenvalue weighted by atomic mass is 10.1. The van der Waals surface area contributed by atoms with Crippen molar-refractivity contribution in [2.45, 2.75) is 20.8 Å². The van der Waals surface area contributed by atoms with Gasteiger partial charge in [-0.1, -0.05) is 29.8 Å². The zero-order valence-electron chi connectivity index (χ0n) is 15.5. The molecule has 0 spiro atoms. The molecule has 6 heteroatoms. The minimum absolute atomic E-state index is 0.255. The fourth-order valence-electron chi connectivity index (χ4n) is 3.37. The maximum absolute atomic E-state index is 12.6. The molecule has 6 nitrogen and oxygen atoms in total. The number of nitrogens with two attached hydrogens (primary N) is 1. The Morgan fingerprint density at radius 1 is 1.11 bits per heavy atom. The van der Waals surface area contributed by atoms with E-state index < -0.39 is 5.97 Å². The molecular weight excluding hydrogens is 340 g/mol. The molecule has 2 heterocycles. The van der Waals surface area contributed by atoms with Crippen LogP contribution in [0.4, 0.5) is 5.82 Å². The van der Waals surface area contributed by atoms with Gasteiger partial charge in [0.25, 0.3) is 0 Å². The predicted molar refractivity (Wildman–Crippen MR) is 106 cm³/mol. The first-order valence-corrected chi connectivity index (χ1v) is 8.82. The molecule has 4 aromatic rings. The third kappa shape index (κ3) is 2.70. The molecule has 0 saturated heterocycles. The number of carbonyl (C=O) groups is 1. The summed E-state index contributed by atoms with van der Waals surface area (Å²) in [4.78, 5) is 22.0. The average Bonchev–Trinajstić information content (AvgIpc) is 2.91. The van der Waals surface area contributed by atoms with Crippen molar-refractivity contribution in [3.05, 3.63) is 59.2 Å². The number of para-hydroxylation sites is 2. The summed E-state index contributed by atoms with van der Waals surface area (Å²) in [5, 5.41) is 0. The van der Waals surface area contributed by atoms with Crippen LogP contribution in [0.2, 0.25) is 0 Å². The van der Waals surface area contributed by atoms with E-state index in [0.29, 0.717) is 16.7 Å². The Morgan fingerprint density at radius 3 is 2.48 bits per heavy atom. The molecule has 136 valence electrons. The van der Waals surface area contributed by atoms with Gasteiger partial charge in [0, 0.05) is 0 Å². The second-order valence-corrected chi connectivity index (χ2v) is 6.49. The molecule has 0 unspecified atom stereocenters. The molecule has 0 fully saturated rings. The molecule has 2 aromatic carbocycles. The number of aromatic nitrogens is 3. The van der Waals surface area contributed by atoms with Gasteiger partial charge in [0.2, 0.25) is 0 Å². The van der Waals surface area contributed by atoms with Gasteiger partial charge < -0.3 is 10.5 Å². The number of anilines is 1. The maximum atomic E-state index is 12.6. The van der Waals surface area contributed by atoms with E-state index in [9.17, 15) is 4.79 Å². The second kappa shape index (κ2) is 6.39. The second-order valence-electron chi connectivity index (χ2n) is 6.49. The quantitative estimate of drug-likeness (QED) is 0.559. The van der Waals surface area contributed by atoms with E-state index >= 15 is 0 Å². The van der Waals surface area contributed by atoms with Crippen molar-refractivity contribution in [3.63, 3.8) is 0 Å². The van der Waals surface area contributed by atoms with Crippen molar-refractivity contribution in [1.82, 2.24) is 14.5 Å². The molecule has 27 heavy (non-hydrogen) atoms. The van der Waals surface area contributed by atoms with E-state index in [2.05, 4.69) is 11.1 Å². The van der Waals surface area contributed by atoms with Crippen molar-refractivity contribution in [3.8, 4) is 5.69 Å².